The summed E-state index contributed by atoms with van der Waals surface area (Å²) in [6.07, 6.45) is 1.60. The van der Waals surface area contributed by atoms with Gasteiger partial charge in [-0.3, -0.25) is 0 Å². The number of nitrogens with zero attached hydrogens (tertiary/aromatic N) is 1. The number of ether oxygens (including phenoxy) is 3. The zero-order valence-corrected chi connectivity index (χ0v) is 15.2. The molecule has 0 spiro atoms. The van der Waals surface area contributed by atoms with E-state index in [1.807, 2.05) is 26.8 Å². The maximum absolute atomic E-state index is 12.0. The van der Waals surface area contributed by atoms with Crippen LogP contribution >= 0.6 is 0 Å². The minimum absolute atomic E-state index is 0.256. The summed E-state index contributed by atoms with van der Waals surface area (Å²) >= 11 is 0. The summed E-state index contributed by atoms with van der Waals surface area (Å²) in [6.45, 7) is 7.27. The third-order valence-electron chi connectivity index (χ3n) is 3.96. The molecule has 0 aromatic heterocycles. The van der Waals surface area contributed by atoms with Gasteiger partial charge in [0.25, 0.3) is 0 Å². The van der Waals surface area contributed by atoms with E-state index in [0.717, 1.165) is 19.3 Å². The highest BCUT2D eigenvalue weighted by Crippen LogP contribution is 2.22. The van der Waals surface area contributed by atoms with Crippen LogP contribution in [0.25, 0.3) is 0 Å². The molecule has 6 heteroatoms. The SMILES string of the molecule is CC(C)(C)OC(=O)N1CCC(CCOC(=O)Oc2ccccc2)CC1. The molecular formula is C19H27NO5. The van der Waals surface area contributed by atoms with Gasteiger partial charge in [0.2, 0.25) is 0 Å². The average molecular weight is 349 g/mol. The van der Waals surface area contributed by atoms with Gasteiger partial charge < -0.3 is 19.1 Å². The van der Waals surface area contributed by atoms with Crippen LogP contribution in [-0.2, 0) is 9.47 Å². The molecule has 6 nitrogen and oxygen atoms in total. The minimum Gasteiger partial charge on any atom is -0.444 e. The summed E-state index contributed by atoms with van der Waals surface area (Å²) in [5.41, 5.74) is -0.471. The van der Waals surface area contributed by atoms with Gasteiger partial charge in [-0.15, -0.1) is 0 Å². The maximum Gasteiger partial charge on any atom is 0.513 e. The van der Waals surface area contributed by atoms with Crippen molar-refractivity contribution in [1.82, 2.24) is 4.90 Å². The fourth-order valence-corrected chi connectivity index (χ4v) is 2.65. The molecule has 0 saturated carbocycles. The van der Waals surface area contributed by atoms with Crippen molar-refractivity contribution < 1.29 is 23.8 Å². The second-order valence-electron chi connectivity index (χ2n) is 7.21. The number of likely N-dealkylation sites (tertiary alicyclic amines) is 1. The number of amides is 1. The molecule has 1 aliphatic heterocycles. The Kier molecular flexibility index (Phi) is 6.67. The van der Waals surface area contributed by atoms with Crippen LogP contribution < -0.4 is 4.74 Å². The zero-order chi connectivity index (χ0) is 18.3. The lowest BCUT2D eigenvalue weighted by Crippen LogP contribution is -2.41. The van der Waals surface area contributed by atoms with Gasteiger partial charge in [0, 0.05) is 13.1 Å². The monoisotopic (exact) mass is 349 g/mol. The van der Waals surface area contributed by atoms with Gasteiger partial charge in [-0.1, -0.05) is 18.2 Å². The highest BCUT2D eigenvalue weighted by atomic mass is 16.7. The number of hydrogen-bond acceptors (Lipinski definition) is 5. The Balaban J connectivity index is 1.62. The van der Waals surface area contributed by atoms with E-state index < -0.39 is 11.8 Å². The molecule has 1 heterocycles. The predicted molar refractivity (Wildman–Crippen MR) is 93.6 cm³/mol. The van der Waals surface area contributed by atoms with Gasteiger partial charge in [-0.25, -0.2) is 9.59 Å². The third kappa shape index (κ3) is 7.03. The van der Waals surface area contributed by atoms with E-state index >= 15 is 0 Å². The van der Waals surface area contributed by atoms with E-state index in [-0.39, 0.29) is 6.09 Å². The van der Waals surface area contributed by atoms with Crippen LogP contribution in [0.4, 0.5) is 9.59 Å². The molecule has 138 valence electrons. The Bertz CT molecular complexity index is 559. The van der Waals surface area contributed by atoms with E-state index in [1.54, 1.807) is 29.2 Å². The number of piperidine rings is 1. The van der Waals surface area contributed by atoms with Crippen molar-refractivity contribution in [3.63, 3.8) is 0 Å². The van der Waals surface area contributed by atoms with Crippen LogP contribution in [0.2, 0.25) is 0 Å². The van der Waals surface area contributed by atoms with E-state index in [1.165, 1.54) is 0 Å². The highest BCUT2D eigenvalue weighted by molar-refractivity contribution is 5.68. The molecule has 0 atom stereocenters. The van der Waals surface area contributed by atoms with Crippen LogP contribution in [0.15, 0.2) is 30.3 Å². The van der Waals surface area contributed by atoms with Gasteiger partial charge in [0.15, 0.2) is 0 Å². The first-order valence-corrected chi connectivity index (χ1v) is 8.71. The maximum atomic E-state index is 12.0. The Labute approximate surface area is 149 Å². The molecule has 1 amide bonds. The first-order valence-electron chi connectivity index (χ1n) is 8.71. The Morgan fingerprint density at radius 1 is 1.12 bits per heavy atom. The molecule has 2 rings (SSSR count). The average Bonchev–Trinajstić information content (AvgIpc) is 2.55. The van der Waals surface area contributed by atoms with Gasteiger partial charge in [0.05, 0.1) is 6.61 Å². The smallest absolute Gasteiger partial charge is 0.444 e. The van der Waals surface area contributed by atoms with Crippen molar-refractivity contribution in [2.24, 2.45) is 5.92 Å². The first kappa shape index (κ1) is 19.1. The fourth-order valence-electron chi connectivity index (χ4n) is 2.65. The van der Waals surface area contributed by atoms with Crippen molar-refractivity contribution in [3.05, 3.63) is 30.3 Å². The Morgan fingerprint density at radius 2 is 1.76 bits per heavy atom. The van der Waals surface area contributed by atoms with Gasteiger partial charge in [-0.05, 0) is 58.1 Å². The second-order valence-corrected chi connectivity index (χ2v) is 7.21. The summed E-state index contributed by atoms with van der Waals surface area (Å²) in [5, 5.41) is 0. The van der Waals surface area contributed by atoms with Crippen molar-refractivity contribution in [2.75, 3.05) is 19.7 Å². The van der Waals surface area contributed by atoms with Gasteiger partial charge in [0.1, 0.15) is 11.4 Å². The van der Waals surface area contributed by atoms with Crippen LogP contribution in [-0.4, -0.2) is 42.4 Å². The Hall–Kier alpha value is -2.24. The van der Waals surface area contributed by atoms with Crippen molar-refractivity contribution in [3.8, 4) is 5.75 Å². The third-order valence-corrected chi connectivity index (χ3v) is 3.96. The lowest BCUT2D eigenvalue weighted by atomic mass is 9.94. The van der Waals surface area contributed by atoms with E-state index in [9.17, 15) is 9.59 Å². The van der Waals surface area contributed by atoms with Crippen LogP contribution in [0.3, 0.4) is 0 Å². The normalized spacial score (nSPS) is 15.6. The molecular weight excluding hydrogens is 322 g/mol. The molecule has 1 saturated heterocycles. The molecule has 0 bridgehead atoms. The minimum atomic E-state index is -0.683. The van der Waals surface area contributed by atoms with E-state index in [2.05, 4.69) is 0 Å². The largest absolute Gasteiger partial charge is 0.513 e. The van der Waals surface area contributed by atoms with Crippen molar-refractivity contribution in [1.29, 1.82) is 0 Å². The van der Waals surface area contributed by atoms with Crippen molar-refractivity contribution in [2.45, 2.75) is 45.6 Å². The lowest BCUT2D eigenvalue weighted by Gasteiger charge is -2.33. The fraction of sp³-hybridized carbons (Fsp3) is 0.579. The number of hydrogen-bond donors (Lipinski definition) is 0. The van der Waals surface area contributed by atoms with Crippen molar-refractivity contribution >= 4 is 12.2 Å². The number of rotatable bonds is 4. The molecule has 1 aliphatic rings. The zero-order valence-electron chi connectivity index (χ0n) is 15.2. The topological polar surface area (TPSA) is 65.1 Å². The molecule has 0 unspecified atom stereocenters. The van der Waals surface area contributed by atoms with Crippen LogP contribution in [0, 0.1) is 5.92 Å². The van der Waals surface area contributed by atoms with Gasteiger partial charge >= 0.3 is 12.2 Å². The summed E-state index contributed by atoms with van der Waals surface area (Å²) in [7, 11) is 0. The van der Waals surface area contributed by atoms with E-state index in [4.69, 9.17) is 14.2 Å². The summed E-state index contributed by atoms with van der Waals surface area (Å²) in [5.74, 6) is 0.904. The molecule has 1 aromatic carbocycles. The summed E-state index contributed by atoms with van der Waals surface area (Å²) in [4.78, 5) is 25.4. The van der Waals surface area contributed by atoms with Crippen LogP contribution in [0.5, 0.6) is 5.75 Å². The number of carbonyl (C=O) groups is 2. The molecule has 0 radical (unpaired) electrons. The summed E-state index contributed by atoms with van der Waals surface area (Å²) < 4.78 is 15.6. The Morgan fingerprint density at radius 3 is 2.36 bits per heavy atom. The first-order chi connectivity index (χ1) is 11.8. The number of benzene rings is 1. The lowest BCUT2D eigenvalue weighted by molar-refractivity contribution is 0.0172. The predicted octanol–water partition coefficient (Wildman–Crippen LogP) is 4.24. The highest BCUT2D eigenvalue weighted by Gasteiger charge is 2.26. The molecule has 0 aliphatic carbocycles. The van der Waals surface area contributed by atoms with Crippen LogP contribution in [0.1, 0.15) is 40.0 Å². The number of para-hydroxylation sites is 1. The molecule has 1 fully saturated rings. The van der Waals surface area contributed by atoms with Gasteiger partial charge in [-0.2, -0.15) is 0 Å². The molecule has 25 heavy (non-hydrogen) atoms. The molecule has 1 aromatic rings. The summed E-state index contributed by atoms with van der Waals surface area (Å²) in [6, 6.07) is 8.84. The van der Waals surface area contributed by atoms with E-state index in [0.29, 0.717) is 31.4 Å². The number of carbonyl (C=O) groups excluding carboxylic acids is 2. The molecule has 0 N–H and O–H groups in total. The standard InChI is InChI=1S/C19H27NO5/c1-19(2,3)25-17(21)20-12-9-15(10-13-20)11-14-23-18(22)24-16-7-5-4-6-8-16/h4-8,15H,9-14H2,1-3H3. The quantitative estimate of drug-likeness (QED) is 0.601. The second kappa shape index (κ2) is 8.74.